The highest BCUT2D eigenvalue weighted by atomic mass is 35.5. The van der Waals surface area contributed by atoms with Gasteiger partial charge in [0.25, 0.3) is 0 Å². The number of allylic oxidation sites excluding steroid dienone is 2. The predicted molar refractivity (Wildman–Crippen MR) is 90.3 cm³/mol. The topological polar surface area (TPSA) is 12.5 Å². The van der Waals surface area contributed by atoms with Gasteiger partial charge < -0.3 is 4.74 Å². The first-order chi connectivity index (χ1) is 10.8. The molecule has 1 saturated heterocycles. The molecule has 2 atom stereocenters. The van der Waals surface area contributed by atoms with E-state index in [1.165, 1.54) is 29.5 Å². The smallest absolute Gasteiger partial charge is 0.0738 e. The van der Waals surface area contributed by atoms with E-state index in [-0.39, 0.29) is 0 Å². The van der Waals surface area contributed by atoms with Crippen LogP contribution in [0.25, 0.3) is 0 Å². The predicted octanol–water partition coefficient (Wildman–Crippen LogP) is 4.30. The molecule has 0 saturated carbocycles. The molecule has 3 heteroatoms. The van der Waals surface area contributed by atoms with E-state index in [1.807, 2.05) is 6.07 Å². The lowest BCUT2D eigenvalue weighted by atomic mass is 9.83. The summed E-state index contributed by atoms with van der Waals surface area (Å²) >= 11 is 6.35. The number of hydrogen-bond acceptors (Lipinski definition) is 2. The van der Waals surface area contributed by atoms with E-state index in [4.69, 9.17) is 16.3 Å². The van der Waals surface area contributed by atoms with Crippen LogP contribution in [-0.2, 0) is 11.3 Å². The Morgan fingerprint density at radius 2 is 2.23 bits per heavy atom. The first kappa shape index (κ1) is 14.5. The molecule has 0 spiro atoms. The van der Waals surface area contributed by atoms with E-state index in [0.717, 1.165) is 31.1 Å². The summed E-state index contributed by atoms with van der Waals surface area (Å²) in [5.41, 5.74) is 4.07. The maximum Gasteiger partial charge on any atom is 0.0738 e. The van der Waals surface area contributed by atoms with Gasteiger partial charge >= 0.3 is 0 Å². The molecule has 1 aromatic carbocycles. The maximum atomic E-state index is 6.35. The molecule has 1 fully saturated rings. The summed E-state index contributed by atoms with van der Waals surface area (Å²) in [7, 11) is 0. The average Bonchev–Trinajstić information content (AvgIpc) is 2.56. The molecular formula is C19H22ClNO. The van der Waals surface area contributed by atoms with Gasteiger partial charge in [-0.3, -0.25) is 4.90 Å². The Bertz CT molecular complexity index is 622. The summed E-state index contributed by atoms with van der Waals surface area (Å²) in [6.45, 7) is 3.94. The van der Waals surface area contributed by atoms with Crippen LogP contribution < -0.4 is 0 Å². The van der Waals surface area contributed by atoms with Crippen LogP contribution in [0.5, 0.6) is 0 Å². The molecule has 22 heavy (non-hydrogen) atoms. The third-order valence-corrected chi connectivity index (χ3v) is 5.46. The molecule has 2 nitrogen and oxygen atoms in total. The van der Waals surface area contributed by atoms with Crippen molar-refractivity contribution in [2.24, 2.45) is 0 Å². The van der Waals surface area contributed by atoms with Crippen LogP contribution >= 0.6 is 11.6 Å². The van der Waals surface area contributed by atoms with Crippen LogP contribution in [0.1, 0.15) is 36.3 Å². The van der Waals surface area contributed by atoms with Crippen molar-refractivity contribution in [2.45, 2.75) is 37.9 Å². The lowest BCUT2D eigenvalue weighted by Gasteiger charge is -2.42. The van der Waals surface area contributed by atoms with Crippen molar-refractivity contribution in [1.29, 1.82) is 0 Å². The van der Waals surface area contributed by atoms with Crippen molar-refractivity contribution in [2.75, 3.05) is 19.6 Å². The highest BCUT2D eigenvalue weighted by Gasteiger charge is 2.36. The fourth-order valence-corrected chi connectivity index (χ4v) is 4.18. The minimum absolute atomic E-state index is 0.359. The zero-order chi connectivity index (χ0) is 14.9. The van der Waals surface area contributed by atoms with Crippen molar-refractivity contribution in [3.8, 4) is 0 Å². The molecule has 116 valence electrons. The molecule has 4 rings (SSSR count). The Morgan fingerprint density at radius 1 is 1.27 bits per heavy atom. The summed E-state index contributed by atoms with van der Waals surface area (Å²) in [6, 6.07) is 6.29. The lowest BCUT2D eigenvalue weighted by molar-refractivity contribution is -0.0294. The maximum absolute atomic E-state index is 6.35. The van der Waals surface area contributed by atoms with Crippen molar-refractivity contribution in [3.05, 3.63) is 58.1 Å². The molecule has 1 aromatic rings. The first-order valence-corrected chi connectivity index (χ1v) is 8.66. The van der Waals surface area contributed by atoms with Crippen molar-refractivity contribution < 1.29 is 4.74 Å². The van der Waals surface area contributed by atoms with Crippen molar-refractivity contribution in [1.82, 2.24) is 4.90 Å². The van der Waals surface area contributed by atoms with E-state index in [1.54, 1.807) is 0 Å². The second kappa shape index (κ2) is 6.19. The normalized spacial score (nSPS) is 28.0. The number of piperidine rings is 1. The van der Waals surface area contributed by atoms with Gasteiger partial charge in [-0.2, -0.15) is 0 Å². The highest BCUT2D eigenvalue weighted by molar-refractivity contribution is 6.31. The van der Waals surface area contributed by atoms with Crippen LogP contribution in [0.3, 0.4) is 0 Å². The largest absolute Gasteiger partial charge is 0.373 e. The SMILES string of the molecule is Clc1cccc2c1COC1CCN(CC3=CCCC=C3)CC21. The molecule has 2 unspecified atom stereocenters. The van der Waals surface area contributed by atoms with Crippen LogP contribution in [0.15, 0.2) is 42.0 Å². The summed E-state index contributed by atoms with van der Waals surface area (Å²) in [4.78, 5) is 2.57. The summed E-state index contributed by atoms with van der Waals surface area (Å²) in [5, 5.41) is 0.853. The number of benzene rings is 1. The van der Waals surface area contributed by atoms with Crippen molar-refractivity contribution >= 4 is 11.6 Å². The number of rotatable bonds is 2. The monoisotopic (exact) mass is 315 g/mol. The fraction of sp³-hybridized carbons (Fsp3) is 0.474. The van der Waals surface area contributed by atoms with Gasteiger partial charge in [0, 0.05) is 30.6 Å². The number of fused-ring (bicyclic) bond motifs is 3. The second-order valence-corrected chi connectivity index (χ2v) is 6.95. The molecule has 0 aromatic heterocycles. The summed E-state index contributed by atoms with van der Waals surface area (Å²) in [5.74, 6) is 0.462. The Morgan fingerprint density at radius 3 is 3.09 bits per heavy atom. The first-order valence-electron chi connectivity index (χ1n) is 8.28. The molecule has 3 aliphatic rings. The standard InChI is InChI=1S/C19H22ClNO/c20-18-8-4-7-15-16-12-21(11-14-5-2-1-3-6-14)10-9-19(16)22-13-17(15)18/h2,4-8,16,19H,1,3,9-13H2. The number of ether oxygens (including phenoxy) is 1. The Labute approximate surface area is 137 Å². The van der Waals surface area contributed by atoms with Gasteiger partial charge in [0.15, 0.2) is 0 Å². The molecule has 0 N–H and O–H groups in total. The molecule has 0 radical (unpaired) electrons. The summed E-state index contributed by atoms with van der Waals surface area (Å²) in [6.07, 6.45) is 10.8. The molecule has 2 heterocycles. The second-order valence-electron chi connectivity index (χ2n) is 6.55. The summed E-state index contributed by atoms with van der Waals surface area (Å²) < 4.78 is 6.09. The fourth-order valence-electron chi connectivity index (χ4n) is 3.95. The number of hydrogen-bond donors (Lipinski definition) is 0. The van der Waals surface area contributed by atoms with E-state index < -0.39 is 0 Å². The Kier molecular flexibility index (Phi) is 4.08. The zero-order valence-electron chi connectivity index (χ0n) is 12.8. The zero-order valence-corrected chi connectivity index (χ0v) is 13.6. The average molecular weight is 316 g/mol. The lowest BCUT2D eigenvalue weighted by Crippen LogP contribution is -2.45. The van der Waals surface area contributed by atoms with Gasteiger partial charge in [-0.05, 0) is 42.0 Å². The van der Waals surface area contributed by atoms with E-state index >= 15 is 0 Å². The number of nitrogens with zero attached hydrogens (tertiary/aromatic N) is 1. The molecule has 1 aliphatic carbocycles. The molecule has 0 amide bonds. The Balaban J connectivity index is 1.53. The van der Waals surface area contributed by atoms with Gasteiger partial charge in [0.05, 0.1) is 12.7 Å². The van der Waals surface area contributed by atoms with Crippen LogP contribution in [-0.4, -0.2) is 30.6 Å². The number of halogens is 1. The minimum atomic E-state index is 0.359. The van der Waals surface area contributed by atoms with Gasteiger partial charge in [-0.25, -0.2) is 0 Å². The van der Waals surface area contributed by atoms with E-state index in [9.17, 15) is 0 Å². The van der Waals surface area contributed by atoms with Crippen molar-refractivity contribution in [3.63, 3.8) is 0 Å². The Hall–Kier alpha value is -1.09. The van der Waals surface area contributed by atoms with E-state index in [2.05, 4.69) is 35.3 Å². The van der Waals surface area contributed by atoms with Gasteiger partial charge in [-0.15, -0.1) is 0 Å². The third kappa shape index (κ3) is 2.76. The highest BCUT2D eigenvalue weighted by Crippen LogP contribution is 2.39. The molecule has 0 bridgehead atoms. The van der Waals surface area contributed by atoms with Crippen LogP contribution in [0, 0.1) is 0 Å². The van der Waals surface area contributed by atoms with Gasteiger partial charge in [-0.1, -0.05) is 42.0 Å². The van der Waals surface area contributed by atoms with Gasteiger partial charge in [0.1, 0.15) is 0 Å². The van der Waals surface area contributed by atoms with Crippen LogP contribution in [0.2, 0.25) is 5.02 Å². The quantitative estimate of drug-likeness (QED) is 0.806. The van der Waals surface area contributed by atoms with E-state index in [0.29, 0.717) is 18.6 Å². The molecule has 2 aliphatic heterocycles. The molecular weight excluding hydrogens is 294 g/mol. The number of likely N-dealkylation sites (tertiary alicyclic amines) is 1. The van der Waals surface area contributed by atoms with Crippen LogP contribution in [0.4, 0.5) is 0 Å². The minimum Gasteiger partial charge on any atom is -0.373 e. The van der Waals surface area contributed by atoms with Gasteiger partial charge in [0.2, 0.25) is 0 Å². The third-order valence-electron chi connectivity index (χ3n) is 5.11.